The third-order valence-electron chi connectivity index (χ3n) is 6.59. The molecule has 1 saturated carbocycles. The lowest BCUT2D eigenvalue weighted by Crippen LogP contribution is -2.51. The summed E-state index contributed by atoms with van der Waals surface area (Å²) >= 11 is 0. The molecule has 1 unspecified atom stereocenters. The summed E-state index contributed by atoms with van der Waals surface area (Å²) in [6.45, 7) is 3.39. The number of carbonyl (C=O) groups excluding carboxylic acids is 2. The Kier molecular flexibility index (Phi) is 5.00. The summed E-state index contributed by atoms with van der Waals surface area (Å²) in [5, 5.41) is 4.12. The third-order valence-corrected chi connectivity index (χ3v) is 6.59. The van der Waals surface area contributed by atoms with Crippen molar-refractivity contribution < 1.29 is 9.59 Å². The van der Waals surface area contributed by atoms with Crippen LogP contribution in [0, 0.1) is 11.3 Å². The maximum Gasteiger partial charge on any atom is 0.244 e. The van der Waals surface area contributed by atoms with E-state index in [-0.39, 0.29) is 17.9 Å². The number of hydrogen-bond acceptors (Lipinski definition) is 3. The maximum atomic E-state index is 13.3. The topological polar surface area (TPSA) is 58.4 Å². The Bertz CT molecular complexity index is 638. The van der Waals surface area contributed by atoms with Crippen molar-refractivity contribution in [1.82, 2.24) is 19.6 Å². The van der Waals surface area contributed by atoms with Gasteiger partial charge in [-0.1, -0.05) is 19.3 Å². The number of hydrogen-bond donors (Lipinski definition) is 0. The highest BCUT2D eigenvalue weighted by molar-refractivity contribution is 5.86. The van der Waals surface area contributed by atoms with Gasteiger partial charge in [-0.3, -0.25) is 14.3 Å². The van der Waals surface area contributed by atoms with E-state index in [4.69, 9.17) is 0 Å². The van der Waals surface area contributed by atoms with Crippen LogP contribution in [0.3, 0.4) is 0 Å². The van der Waals surface area contributed by atoms with Crippen LogP contribution in [-0.2, 0) is 16.1 Å². The molecule has 3 fully saturated rings. The molecule has 2 aliphatic heterocycles. The Hall–Kier alpha value is -1.85. The maximum absolute atomic E-state index is 13.3. The van der Waals surface area contributed by atoms with Gasteiger partial charge in [-0.25, -0.2) is 0 Å². The molecular formula is C20H30N4O2. The van der Waals surface area contributed by atoms with Gasteiger partial charge < -0.3 is 9.80 Å². The minimum absolute atomic E-state index is 0.0720. The van der Waals surface area contributed by atoms with Crippen LogP contribution < -0.4 is 0 Å². The lowest BCUT2D eigenvalue weighted by atomic mass is 9.77. The average molecular weight is 358 g/mol. The van der Waals surface area contributed by atoms with Crippen LogP contribution in [0.2, 0.25) is 0 Å². The van der Waals surface area contributed by atoms with E-state index in [1.807, 2.05) is 11.0 Å². The highest BCUT2D eigenvalue weighted by Crippen LogP contribution is 2.41. The quantitative estimate of drug-likeness (QED) is 0.830. The summed E-state index contributed by atoms with van der Waals surface area (Å²) in [5.41, 5.74) is -0.327. The van der Waals surface area contributed by atoms with Crippen LogP contribution in [0.1, 0.15) is 51.4 Å². The van der Waals surface area contributed by atoms with Crippen molar-refractivity contribution in [2.24, 2.45) is 11.3 Å². The number of nitrogens with zero attached hydrogens (tertiary/aromatic N) is 4. The lowest BCUT2D eigenvalue weighted by molar-refractivity contribution is -0.147. The van der Waals surface area contributed by atoms with Gasteiger partial charge in [-0.15, -0.1) is 0 Å². The molecule has 2 amide bonds. The van der Waals surface area contributed by atoms with Gasteiger partial charge in [0.25, 0.3) is 0 Å². The molecule has 4 rings (SSSR count). The van der Waals surface area contributed by atoms with Gasteiger partial charge in [0.1, 0.15) is 6.54 Å². The Morgan fingerprint density at radius 3 is 2.77 bits per heavy atom. The van der Waals surface area contributed by atoms with Crippen LogP contribution in [0.5, 0.6) is 0 Å². The van der Waals surface area contributed by atoms with E-state index in [9.17, 15) is 9.59 Å². The fourth-order valence-corrected chi connectivity index (χ4v) is 5.10. The van der Waals surface area contributed by atoms with Crippen molar-refractivity contribution >= 4 is 11.8 Å². The molecule has 1 atom stereocenters. The predicted molar refractivity (Wildman–Crippen MR) is 98.2 cm³/mol. The van der Waals surface area contributed by atoms with Gasteiger partial charge in [-0.2, -0.15) is 5.10 Å². The van der Waals surface area contributed by atoms with E-state index in [0.717, 1.165) is 32.4 Å². The summed E-state index contributed by atoms with van der Waals surface area (Å²) in [6, 6.07) is 1.83. The highest BCUT2D eigenvalue weighted by atomic mass is 16.2. The molecule has 6 nitrogen and oxygen atoms in total. The minimum atomic E-state index is -0.327. The predicted octanol–water partition coefficient (Wildman–Crippen LogP) is 2.30. The molecule has 1 aromatic rings. The van der Waals surface area contributed by atoms with E-state index < -0.39 is 0 Å². The molecule has 0 bridgehead atoms. The summed E-state index contributed by atoms with van der Waals surface area (Å²) in [6.07, 6.45) is 12.8. The van der Waals surface area contributed by atoms with Crippen molar-refractivity contribution in [3.05, 3.63) is 18.5 Å². The van der Waals surface area contributed by atoms with Crippen molar-refractivity contribution in [3.8, 4) is 0 Å². The van der Waals surface area contributed by atoms with E-state index in [0.29, 0.717) is 24.9 Å². The second-order valence-corrected chi connectivity index (χ2v) is 8.41. The molecular weight excluding hydrogens is 328 g/mol. The van der Waals surface area contributed by atoms with Gasteiger partial charge in [0.05, 0.1) is 5.41 Å². The molecule has 26 heavy (non-hydrogen) atoms. The zero-order chi connectivity index (χ0) is 18.0. The zero-order valence-corrected chi connectivity index (χ0v) is 15.6. The van der Waals surface area contributed by atoms with Crippen LogP contribution >= 0.6 is 0 Å². The molecule has 1 aliphatic carbocycles. The lowest BCUT2D eigenvalue weighted by Gasteiger charge is -2.41. The van der Waals surface area contributed by atoms with E-state index >= 15 is 0 Å². The average Bonchev–Trinajstić information content (AvgIpc) is 3.31. The fraction of sp³-hybridized carbons (Fsp3) is 0.750. The number of carbonyl (C=O) groups is 2. The van der Waals surface area contributed by atoms with E-state index in [2.05, 4.69) is 10.00 Å². The van der Waals surface area contributed by atoms with Gasteiger partial charge in [0.2, 0.25) is 11.8 Å². The molecule has 2 saturated heterocycles. The standard InChI is InChI=1S/C20H30N4O2/c25-18(15-24-12-5-10-21-24)23-13-9-20(16-23)8-4-11-22(19(20)26)14-17-6-2-1-3-7-17/h5,10,12,17H,1-4,6-9,11,13-16H2. The number of amides is 2. The third kappa shape index (κ3) is 3.51. The van der Waals surface area contributed by atoms with Crippen LogP contribution in [0.4, 0.5) is 0 Å². The summed E-state index contributed by atoms with van der Waals surface area (Å²) in [5.74, 6) is 1.06. The Labute approximate surface area is 155 Å². The largest absolute Gasteiger partial charge is 0.342 e. The molecule has 1 aromatic heterocycles. The number of rotatable bonds is 4. The van der Waals surface area contributed by atoms with E-state index in [1.165, 1.54) is 32.1 Å². The summed E-state index contributed by atoms with van der Waals surface area (Å²) < 4.78 is 1.66. The van der Waals surface area contributed by atoms with Gasteiger partial charge in [0.15, 0.2) is 0 Å². The normalized spacial score (nSPS) is 27.5. The fourth-order valence-electron chi connectivity index (χ4n) is 5.10. The van der Waals surface area contributed by atoms with Gasteiger partial charge >= 0.3 is 0 Å². The van der Waals surface area contributed by atoms with Gasteiger partial charge in [-0.05, 0) is 44.1 Å². The Balaban J connectivity index is 1.38. The highest BCUT2D eigenvalue weighted by Gasteiger charge is 2.49. The van der Waals surface area contributed by atoms with Gasteiger partial charge in [0, 0.05) is 38.6 Å². The second-order valence-electron chi connectivity index (χ2n) is 8.41. The Morgan fingerprint density at radius 2 is 2.00 bits per heavy atom. The van der Waals surface area contributed by atoms with Crippen LogP contribution in [0.15, 0.2) is 18.5 Å². The number of aromatic nitrogens is 2. The van der Waals surface area contributed by atoms with Crippen molar-refractivity contribution in [2.75, 3.05) is 26.2 Å². The summed E-state index contributed by atoms with van der Waals surface area (Å²) in [4.78, 5) is 29.9. The first-order chi connectivity index (χ1) is 12.7. The molecule has 3 aliphatic rings. The zero-order valence-electron chi connectivity index (χ0n) is 15.6. The van der Waals surface area contributed by atoms with E-state index in [1.54, 1.807) is 17.1 Å². The minimum Gasteiger partial charge on any atom is -0.342 e. The second kappa shape index (κ2) is 7.41. The van der Waals surface area contributed by atoms with Crippen LogP contribution in [-0.4, -0.2) is 57.6 Å². The molecule has 142 valence electrons. The number of piperidine rings is 1. The first-order valence-corrected chi connectivity index (χ1v) is 10.2. The molecule has 6 heteroatoms. The molecule has 0 radical (unpaired) electrons. The van der Waals surface area contributed by atoms with Crippen molar-refractivity contribution in [3.63, 3.8) is 0 Å². The summed E-state index contributed by atoms with van der Waals surface area (Å²) in [7, 11) is 0. The van der Waals surface area contributed by atoms with Crippen molar-refractivity contribution in [2.45, 2.75) is 57.9 Å². The number of likely N-dealkylation sites (tertiary alicyclic amines) is 2. The monoisotopic (exact) mass is 358 g/mol. The first-order valence-electron chi connectivity index (χ1n) is 10.2. The smallest absolute Gasteiger partial charge is 0.244 e. The van der Waals surface area contributed by atoms with Crippen molar-refractivity contribution in [1.29, 1.82) is 0 Å². The SMILES string of the molecule is O=C(Cn1cccn1)N1CCC2(CCCN(CC3CCCCC3)C2=O)C1. The molecule has 0 aromatic carbocycles. The Morgan fingerprint density at radius 1 is 1.15 bits per heavy atom. The first kappa shape index (κ1) is 17.6. The van der Waals surface area contributed by atoms with Crippen LogP contribution in [0.25, 0.3) is 0 Å². The molecule has 3 heterocycles. The molecule has 0 N–H and O–H groups in total. The molecule has 1 spiro atoms.